The molecular formula is C18H12F5N3O3. The highest BCUT2D eigenvalue weighted by Crippen LogP contribution is 2.31. The largest absolute Gasteiger partial charge is 0.454 e. The first-order chi connectivity index (χ1) is 13.6. The average Bonchev–Trinajstić information content (AvgIpc) is 3.02. The van der Waals surface area contributed by atoms with E-state index in [4.69, 9.17) is 0 Å². The Kier molecular flexibility index (Phi) is 5.48. The van der Waals surface area contributed by atoms with Crippen LogP contribution in [-0.2, 0) is 27.0 Å². The first kappa shape index (κ1) is 20.2. The summed E-state index contributed by atoms with van der Waals surface area (Å²) in [5.74, 6) is -5.56. The number of benzene rings is 2. The van der Waals surface area contributed by atoms with Crippen LogP contribution in [0, 0.1) is 11.6 Å². The molecule has 11 heteroatoms. The van der Waals surface area contributed by atoms with E-state index in [9.17, 15) is 31.5 Å². The van der Waals surface area contributed by atoms with Crippen LogP contribution in [0.1, 0.15) is 5.82 Å². The van der Waals surface area contributed by atoms with Gasteiger partial charge in [-0.25, -0.2) is 13.8 Å². The standard InChI is InChI=1S/C18H12F5N3O3/c19-11-6-5-10(7-12(11)20)24-15(27)9-29-16(28)8-26-14-4-2-1-3-13(14)25-17(26)18(21,22)23/h1-7H,8-9H2,(H,24,27). The molecule has 1 aromatic heterocycles. The van der Waals surface area contributed by atoms with E-state index in [2.05, 4.69) is 15.0 Å². The number of anilines is 1. The molecule has 0 saturated carbocycles. The molecule has 3 rings (SSSR count). The van der Waals surface area contributed by atoms with Gasteiger partial charge in [0.05, 0.1) is 11.0 Å². The minimum atomic E-state index is -4.80. The fraction of sp³-hybridized carbons (Fsp3) is 0.167. The number of imidazole rings is 1. The smallest absolute Gasteiger partial charge is 0.449 e. The van der Waals surface area contributed by atoms with Crippen molar-refractivity contribution in [3.63, 3.8) is 0 Å². The number of rotatable bonds is 5. The first-order valence-corrected chi connectivity index (χ1v) is 8.08. The van der Waals surface area contributed by atoms with E-state index in [0.717, 1.165) is 18.2 Å². The van der Waals surface area contributed by atoms with Crippen LogP contribution in [0.4, 0.5) is 27.6 Å². The van der Waals surface area contributed by atoms with Crippen LogP contribution in [0.25, 0.3) is 11.0 Å². The van der Waals surface area contributed by atoms with Gasteiger partial charge in [0.15, 0.2) is 18.2 Å². The lowest BCUT2D eigenvalue weighted by atomic mass is 10.3. The summed E-state index contributed by atoms with van der Waals surface area (Å²) >= 11 is 0. The molecule has 0 aliphatic heterocycles. The van der Waals surface area contributed by atoms with E-state index in [1.54, 1.807) is 0 Å². The van der Waals surface area contributed by atoms with Crippen molar-refractivity contribution < 1.29 is 36.3 Å². The number of amides is 1. The van der Waals surface area contributed by atoms with Gasteiger partial charge in [-0.3, -0.25) is 9.59 Å². The fourth-order valence-corrected chi connectivity index (χ4v) is 2.54. The van der Waals surface area contributed by atoms with Crippen molar-refractivity contribution in [3.8, 4) is 0 Å². The zero-order chi connectivity index (χ0) is 21.2. The van der Waals surface area contributed by atoms with Crippen molar-refractivity contribution >= 4 is 28.6 Å². The highest BCUT2D eigenvalue weighted by atomic mass is 19.4. The molecule has 0 atom stereocenters. The summed E-state index contributed by atoms with van der Waals surface area (Å²) < 4.78 is 70.9. The van der Waals surface area contributed by atoms with Gasteiger partial charge in [0.2, 0.25) is 5.82 Å². The lowest BCUT2D eigenvalue weighted by Crippen LogP contribution is -2.25. The molecule has 2 aromatic carbocycles. The van der Waals surface area contributed by atoms with Gasteiger partial charge in [-0.05, 0) is 24.3 Å². The van der Waals surface area contributed by atoms with Crippen molar-refractivity contribution in [1.29, 1.82) is 0 Å². The summed E-state index contributed by atoms with van der Waals surface area (Å²) in [6, 6.07) is 8.32. The Morgan fingerprint density at radius 2 is 1.79 bits per heavy atom. The van der Waals surface area contributed by atoms with Gasteiger partial charge in [0.25, 0.3) is 5.91 Å². The molecule has 0 radical (unpaired) electrons. The molecule has 0 saturated heterocycles. The SMILES string of the molecule is O=C(COC(=O)Cn1c(C(F)(F)F)nc2ccccc21)Nc1ccc(F)c(F)c1. The molecule has 152 valence electrons. The summed E-state index contributed by atoms with van der Waals surface area (Å²) in [5.41, 5.74) is 0.0385. The number of nitrogens with zero attached hydrogens (tertiary/aromatic N) is 2. The van der Waals surface area contributed by atoms with Crippen LogP contribution in [0.5, 0.6) is 0 Å². The third-order valence-corrected chi connectivity index (χ3v) is 3.76. The minimum Gasteiger partial charge on any atom is -0.454 e. The van der Waals surface area contributed by atoms with Gasteiger partial charge in [-0.1, -0.05) is 12.1 Å². The van der Waals surface area contributed by atoms with Crippen LogP contribution in [-0.4, -0.2) is 28.0 Å². The van der Waals surface area contributed by atoms with Crippen molar-refractivity contribution in [2.75, 3.05) is 11.9 Å². The maximum absolute atomic E-state index is 13.2. The number of aromatic nitrogens is 2. The number of fused-ring (bicyclic) bond motifs is 1. The average molecular weight is 413 g/mol. The normalized spacial score (nSPS) is 11.5. The Hall–Kier alpha value is -3.50. The number of esters is 1. The van der Waals surface area contributed by atoms with Crippen molar-refractivity contribution in [3.05, 3.63) is 59.9 Å². The van der Waals surface area contributed by atoms with Gasteiger partial charge >= 0.3 is 12.1 Å². The Bertz CT molecular complexity index is 1080. The zero-order valence-corrected chi connectivity index (χ0v) is 14.5. The monoisotopic (exact) mass is 413 g/mol. The molecule has 1 N–H and O–H groups in total. The van der Waals surface area contributed by atoms with Gasteiger partial charge < -0.3 is 14.6 Å². The van der Waals surface area contributed by atoms with E-state index in [1.807, 2.05) is 0 Å². The van der Waals surface area contributed by atoms with Crippen molar-refractivity contribution in [1.82, 2.24) is 9.55 Å². The third kappa shape index (κ3) is 4.68. The fourth-order valence-electron chi connectivity index (χ4n) is 2.54. The second-order valence-corrected chi connectivity index (χ2v) is 5.85. The highest BCUT2D eigenvalue weighted by Gasteiger charge is 2.38. The predicted octanol–water partition coefficient (Wildman–Crippen LogP) is 3.52. The van der Waals surface area contributed by atoms with E-state index < -0.39 is 48.7 Å². The molecule has 0 spiro atoms. The number of carbonyl (C=O) groups is 2. The zero-order valence-electron chi connectivity index (χ0n) is 14.5. The van der Waals surface area contributed by atoms with Crippen LogP contribution >= 0.6 is 0 Å². The molecule has 3 aromatic rings. The number of hydrogen-bond donors (Lipinski definition) is 1. The molecule has 0 fully saturated rings. The number of ether oxygens (including phenoxy) is 1. The Balaban J connectivity index is 1.66. The summed E-state index contributed by atoms with van der Waals surface area (Å²) in [4.78, 5) is 27.2. The summed E-state index contributed by atoms with van der Waals surface area (Å²) in [6.07, 6.45) is -4.80. The number of alkyl halides is 3. The maximum atomic E-state index is 13.2. The minimum absolute atomic E-state index is 0.0451. The Morgan fingerprint density at radius 3 is 2.48 bits per heavy atom. The number of para-hydroxylation sites is 2. The van der Waals surface area contributed by atoms with E-state index in [1.165, 1.54) is 24.3 Å². The summed E-state index contributed by atoms with van der Waals surface area (Å²) in [5, 5.41) is 2.17. The highest BCUT2D eigenvalue weighted by molar-refractivity contribution is 5.92. The Morgan fingerprint density at radius 1 is 1.07 bits per heavy atom. The molecule has 0 aliphatic rings. The molecule has 29 heavy (non-hydrogen) atoms. The number of nitrogens with one attached hydrogen (secondary N) is 1. The summed E-state index contributed by atoms with van der Waals surface area (Å²) in [6.45, 7) is -1.65. The number of halogens is 5. The first-order valence-electron chi connectivity index (χ1n) is 8.08. The summed E-state index contributed by atoms with van der Waals surface area (Å²) in [7, 11) is 0. The molecule has 1 amide bonds. The number of carbonyl (C=O) groups excluding carboxylic acids is 2. The molecule has 0 aliphatic carbocycles. The van der Waals surface area contributed by atoms with E-state index >= 15 is 0 Å². The topological polar surface area (TPSA) is 73.2 Å². The lowest BCUT2D eigenvalue weighted by Gasteiger charge is -2.11. The second-order valence-electron chi connectivity index (χ2n) is 5.85. The van der Waals surface area contributed by atoms with Gasteiger partial charge in [-0.15, -0.1) is 0 Å². The molecule has 6 nitrogen and oxygen atoms in total. The maximum Gasteiger partial charge on any atom is 0.449 e. The molecule has 1 heterocycles. The van der Waals surface area contributed by atoms with Crippen molar-refractivity contribution in [2.24, 2.45) is 0 Å². The van der Waals surface area contributed by atoms with E-state index in [0.29, 0.717) is 4.57 Å². The quantitative estimate of drug-likeness (QED) is 0.513. The van der Waals surface area contributed by atoms with Gasteiger partial charge in [-0.2, -0.15) is 13.2 Å². The number of hydrogen-bond acceptors (Lipinski definition) is 4. The third-order valence-electron chi connectivity index (χ3n) is 3.76. The van der Waals surface area contributed by atoms with E-state index in [-0.39, 0.29) is 16.7 Å². The van der Waals surface area contributed by atoms with Gasteiger partial charge in [0.1, 0.15) is 6.54 Å². The van der Waals surface area contributed by atoms with Crippen LogP contribution < -0.4 is 5.32 Å². The second kappa shape index (κ2) is 7.86. The van der Waals surface area contributed by atoms with Crippen molar-refractivity contribution in [2.45, 2.75) is 12.7 Å². The predicted molar refractivity (Wildman–Crippen MR) is 90.7 cm³/mol. The van der Waals surface area contributed by atoms with Crippen LogP contribution in [0.2, 0.25) is 0 Å². The van der Waals surface area contributed by atoms with Crippen LogP contribution in [0.3, 0.4) is 0 Å². The molecule has 0 bridgehead atoms. The Labute approximate surface area is 159 Å². The molecule has 0 unspecified atom stereocenters. The van der Waals surface area contributed by atoms with Gasteiger partial charge in [0, 0.05) is 11.8 Å². The lowest BCUT2D eigenvalue weighted by molar-refractivity contribution is -0.152. The molecular weight excluding hydrogens is 401 g/mol. The van der Waals surface area contributed by atoms with Crippen LogP contribution in [0.15, 0.2) is 42.5 Å².